The smallest absolute Gasteiger partial charge is 0.269 e. The Morgan fingerprint density at radius 2 is 1.79 bits per heavy atom. The fourth-order valence-electron chi connectivity index (χ4n) is 4.98. The minimum absolute atomic E-state index is 0.0215. The summed E-state index contributed by atoms with van der Waals surface area (Å²) in [5, 5.41) is 14.3. The van der Waals surface area contributed by atoms with E-state index in [0.29, 0.717) is 25.2 Å². The van der Waals surface area contributed by atoms with Crippen molar-refractivity contribution in [3.05, 3.63) is 93.8 Å². The van der Waals surface area contributed by atoms with E-state index >= 15 is 0 Å². The fourth-order valence-corrected chi connectivity index (χ4v) is 4.98. The van der Waals surface area contributed by atoms with Gasteiger partial charge in [-0.3, -0.25) is 14.9 Å². The zero-order valence-corrected chi connectivity index (χ0v) is 18.8. The number of piperazine rings is 1. The van der Waals surface area contributed by atoms with Gasteiger partial charge in [-0.15, -0.1) is 0 Å². The molecule has 1 saturated heterocycles. The lowest BCUT2D eigenvalue weighted by Gasteiger charge is -2.49. The Kier molecular flexibility index (Phi) is 5.65. The second kappa shape index (κ2) is 8.78. The van der Waals surface area contributed by atoms with Gasteiger partial charge in [-0.2, -0.15) is 0 Å². The van der Waals surface area contributed by atoms with E-state index in [1.807, 2.05) is 0 Å². The third-order valence-electron chi connectivity index (χ3n) is 6.75. The van der Waals surface area contributed by atoms with Gasteiger partial charge in [0.05, 0.1) is 16.9 Å². The number of anilines is 3. The number of nitro benzene ring substituents is 1. The predicted octanol–water partition coefficient (Wildman–Crippen LogP) is 4.55. The molecule has 2 atom stereocenters. The molecule has 2 aliphatic rings. The van der Waals surface area contributed by atoms with Gasteiger partial charge in [-0.25, -0.2) is 4.39 Å². The largest absolute Gasteiger partial charge is 0.368 e. The van der Waals surface area contributed by atoms with Crippen molar-refractivity contribution in [2.45, 2.75) is 19.4 Å². The molecule has 5 rings (SSSR count). The van der Waals surface area contributed by atoms with Crippen LogP contribution in [0, 0.1) is 28.8 Å². The highest BCUT2D eigenvalue weighted by Crippen LogP contribution is 2.39. The third-order valence-corrected chi connectivity index (χ3v) is 6.75. The van der Waals surface area contributed by atoms with Crippen LogP contribution >= 0.6 is 0 Å². The molecule has 0 aliphatic carbocycles. The lowest BCUT2D eigenvalue weighted by molar-refractivity contribution is -0.384. The Morgan fingerprint density at radius 3 is 2.50 bits per heavy atom. The molecule has 34 heavy (non-hydrogen) atoms. The first kappa shape index (κ1) is 21.9. The number of aryl methyl sites for hydroxylation is 1. The van der Waals surface area contributed by atoms with Crippen molar-refractivity contribution in [3.63, 3.8) is 0 Å². The minimum Gasteiger partial charge on any atom is -0.368 e. The first-order valence-corrected chi connectivity index (χ1v) is 11.3. The molecule has 7 nitrogen and oxygen atoms in total. The maximum absolute atomic E-state index is 13.4. The fraction of sp³-hybridized carbons (Fsp3) is 0.269. The maximum atomic E-state index is 13.4. The van der Waals surface area contributed by atoms with Crippen molar-refractivity contribution in [2.24, 2.45) is 5.92 Å². The molecule has 8 heteroatoms. The summed E-state index contributed by atoms with van der Waals surface area (Å²) >= 11 is 0. The molecule has 1 fully saturated rings. The zero-order valence-electron chi connectivity index (χ0n) is 18.8. The van der Waals surface area contributed by atoms with Gasteiger partial charge in [-0.1, -0.05) is 17.7 Å². The highest BCUT2D eigenvalue weighted by Gasteiger charge is 2.42. The molecule has 2 aliphatic heterocycles. The summed E-state index contributed by atoms with van der Waals surface area (Å²) in [7, 11) is 0. The Labute approximate surface area is 197 Å². The topological polar surface area (TPSA) is 78.7 Å². The van der Waals surface area contributed by atoms with E-state index in [9.17, 15) is 19.3 Å². The third kappa shape index (κ3) is 4.19. The first-order chi connectivity index (χ1) is 16.4. The number of carbonyl (C=O) groups excluding carboxylic acids is 1. The molecule has 3 aromatic rings. The molecule has 0 radical (unpaired) electrons. The highest BCUT2D eigenvalue weighted by atomic mass is 19.1. The molecule has 0 bridgehead atoms. The molecule has 0 saturated carbocycles. The van der Waals surface area contributed by atoms with Crippen LogP contribution in [0.5, 0.6) is 0 Å². The number of halogens is 1. The average Bonchev–Trinajstić information content (AvgIpc) is 2.84. The van der Waals surface area contributed by atoms with Crippen LogP contribution in [0.25, 0.3) is 0 Å². The first-order valence-electron chi connectivity index (χ1n) is 11.3. The minimum atomic E-state index is -0.423. The number of carbonyl (C=O) groups is 1. The van der Waals surface area contributed by atoms with Crippen molar-refractivity contribution in [2.75, 3.05) is 34.8 Å². The summed E-state index contributed by atoms with van der Waals surface area (Å²) in [6.07, 6.45) is 0.396. The second-order valence-electron chi connectivity index (χ2n) is 8.92. The Morgan fingerprint density at radius 1 is 1.06 bits per heavy atom. The molecule has 174 valence electrons. The van der Waals surface area contributed by atoms with E-state index in [1.54, 1.807) is 12.1 Å². The number of rotatable bonds is 4. The second-order valence-corrected chi connectivity index (χ2v) is 8.92. The molecule has 2 heterocycles. The number of benzene rings is 3. The molecule has 1 amide bonds. The van der Waals surface area contributed by atoms with Crippen LogP contribution in [0.1, 0.15) is 11.1 Å². The quantitative estimate of drug-likeness (QED) is 0.457. The summed E-state index contributed by atoms with van der Waals surface area (Å²) in [6.45, 7) is 4.18. The van der Waals surface area contributed by atoms with Crippen LogP contribution in [0.3, 0.4) is 0 Å². The van der Waals surface area contributed by atoms with Crippen LogP contribution < -0.4 is 15.1 Å². The molecule has 0 unspecified atom stereocenters. The van der Waals surface area contributed by atoms with E-state index in [2.05, 4.69) is 46.3 Å². The van der Waals surface area contributed by atoms with Crippen molar-refractivity contribution >= 4 is 28.7 Å². The van der Waals surface area contributed by atoms with Crippen molar-refractivity contribution < 1.29 is 14.1 Å². The highest BCUT2D eigenvalue weighted by molar-refractivity contribution is 5.94. The lowest BCUT2D eigenvalue weighted by Crippen LogP contribution is -2.60. The van der Waals surface area contributed by atoms with Gasteiger partial charge in [0, 0.05) is 48.8 Å². The number of nitrogens with zero attached hydrogens (tertiary/aromatic N) is 3. The van der Waals surface area contributed by atoms with Gasteiger partial charge >= 0.3 is 0 Å². The molecule has 0 aromatic heterocycles. The van der Waals surface area contributed by atoms with Crippen LogP contribution in [0.2, 0.25) is 0 Å². The molecule has 1 N–H and O–H groups in total. The maximum Gasteiger partial charge on any atom is 0.269 e. The van der Waals surface area contributed by atoms with Crippen molar-refractivity contribution in [1.82, 2.24) is 0 Å². The number of nitro groups is 1. The van der Waals surface area contributed by atoms with E-state index in [0.717, 1.165) is 23.5 Å². The summed E-state index contributed by atoms with van der Waals surface area (Å²) < 4.78 is 13.3. The number of hydrogen-bond donors (Lipinski definition) is 1. The SMILES string of the molecule is Cc1ccc(N2CCN3c4ccc([N+](=O)[O-])cc4C[C@@H](C(=O)Nc4ccc(F)cc4)[C@H]3C2)cc1. The van der Waals surface area contributed by atoms with Crippen LogP contribution in [0.4, 0.5) is 27.1 Å². The normalized spacial score (nSPS) is 19.2. The van der Waals surface area contributed by atoms with Gasteiger partial charge in [0.25, 0.3) is 5.69 Å². The number of hydrogen-bond acceptors (Lipinski definition) is 5. The number of fused-ring (bicyclic) bond motifs is 3. The Balaban J connectivity index is 1.47. The van der Waals surface area contributed by atoms with Crippen molar-refractivity contribution in [3.8, 4) is 0 Å². The van der Waals surface area contributed by atoms with Gasteiger partial charge in [-0.05, 0) is 61.4 Å². The van der Waals surface area contributed by atoms with Gasteiger partial charge < -0.3 is 15.1 Å². The average molecular weight is 461 g/mol. The Bertz CT molecular complexity index is 1230. The monoisotopic (exact) mass is 460 g/mol. The summed E-state index contributed by atoms with van der Waals surface area (Å²) in [5.41, 5.74) is 4.59. The van der Waals surface area contributed by atoms with Crippen LogP contribution in [-0.2, 0) is 11.2 Å². The predicted molar refractivity (Wildman–Crippen MR) is 130 cm³/mol. The molecular formula is C26H25FN4O3. The summed E-state index contributed by atoms with van der Waals surface area (Å²) in [6, 6.07) is 18.8. The van der Waals surface area contributed by atoms with E-state index in [-0.39, 0.29) is 23.5 Å². The van der Waals surface area contributed by atoms with Gasteiger partial charge in [0.2, 0.25) is 5.91 Å². The summed E-state index contributed by atoms with van der Waals surface area (Å²) in [4.78, 5) is 28.9. The van der Waals surface area contributed by atoms with E-state index in [4.69, 9.17) is 0 Å². The summed E-state index contributed by atoms with van der Waals surface area (Å²) in [5.74, 6) is -0.971. The van der Waals surface area contributed by atoms with Crippen molar-refractivity contribution in [1.29, 1.82) is 0 Å². The van der Waals surface area contributed by atoms with E-state index < -0.39 is 10.8 Å². The number of non-ortho nitro benzene ring substituents is 1. The Hall–Kier alpha value is -3.94. The molecular weight excluding hydrogens is 435 g/mol. The van der Waals surface area contributed by atoms with Crippen LogP contribution in [-0.4, -0.2) is 36.5 Å². The van der Waals surface area contributed by atoms with Gasteiger partial charge in [0.1, 0.15) is 5.82 Å². The number of nitrogens with one attached hydrogen (secondary N) is 1. The molecule has 0 spiro atoms. The molecule has 3 aromatic carbocycles. The van der Waals surface area contributed by atoms with E-state index in [1.165, 1.54) is 35.9 Å². The zero-order chi connectivity index (χ0) is 23.8. The lowest BCUT2D eigenvalue weighted by atomic mass is 9.83. The van der Waals surface area contributed by atoms with Gasteiger partial charge in [0.15, 0.2) is 0 Å². The van der Waals surface area contributed by atoms with Crippen LogP contribution in [0.15, 0.2) is 66.7 Å². The standard InChI is InChI=1S/C26H25FN4O3/c1-17-2-8-21(9-3-17)29-12-13-30-24-11-10-22(31(33)34)14-18(24)15-23(25(30)16-29)26(32)28-20-6-4-19(27)5-7-20/h2-11,14,23,25H,12-13,15-16H2,1H3,(H,28,32)/t23-,25-/m1/s1. The number of amides is 1.